The third-order valence-corrected chi connectivity index (χ3v) is 4.59. The highest BCUT2D eigenvalue weighted by atomic mass is 19.4. The summed E-state index contributed by atoms with van der Waals surface area (Å²) in [5.41, 5.74) is 2.09. The maximum Gasteiger partial charge on any atom is 0.416 e. The lowest BCUT2D eigenvalue weighted by atomic mass is 9.98. The Morgan fingerprint density at radius 3 is 2.20 bits per heavy atom. The van der Waals surface area contributed by atoms with E-state index in [0.717, 1.165) is 12.1 Å². The molecular formula is C23H18F3NO3. The van der Waals surface area contributed by atoms with Crippen LogP contribution in [0.4, 0.5) is 18.9 Å². The zero-order chi connectivity index (χ0) is 21.9. The number of hydrogen-bond donors (Lipinski definition) is 1. The molecule has 1 N–H and O–H groups in total. The Labute approximate surface area is 171 Å². The van der Waals surface area contributed by atoms with Crippen LogP contribution in [0.3, 0.4) is 0 Å². The number of anilines is 1. The number of alkyl halides is 3. The predicted octanol–water partition coefficient (Wildman–Crippen LogP) is 5.72. The second-order valence-corrected chi connectivity index (χ2v) is 6.60. The highest BCUT2D eigenvalue weighted by Crippen LogP contribution is 2.32. The molecule has 0 unspecified atom stereocenters. The van der Waals surface area contributed by atoms with Gasteiger partial charge in [-0.3, -0.25) is 4.79 Å². The summed E-state index contributed by atoms with van der Waals surface area (Å²) < 4.78 is 43.1. The van der Waals surface area contributed by atoms with Crippen LogP contribution in [0.25, 0.3) is 11.1 Å². The van der Waals surface area contributed by atoms with Crippen LogP contribution in [0.15, 0.2) is 66.7 Å². The van der Waals surface area contributed by atoms with Crippen LogP contribution >= 0.6 is 0 Å². The van der Waals surface area contributed by atoms with Gasteiger partial charge in [-0.2, -0.15) is 13.2 Å². The first kappa shape index (κ1) is 21.1. The van der Waals surface area contributed by atoms with Crippen molar-refractivity contribution >= 4 is 17.6 Å². The summed E-state index contributed by atoms with van der Waals surface area (Å²) in [6, 6.07) is 16.0. The second-order valence-electron chi connectivity index (χ2n) is 6.60. The molecule has 0 saturated heterocycles. The lowest BCUT2D eigenvalue weighted by Crippen LogP contribution is -2.14. The van der Waals surface area contributed by atoms with Crippen LogP contribution in [0.2, 0.25) is 0 Å². The fourth-order valence-corrected chi connectivity index (χ4v) is 3.01. The molecule has 3 aromatic carbocycles. The standard InChI is InChI=1S/C23H18F3NO3/c1-14-13-16(22(29)30-2)9-12-20(14)27-21(28)19-6-4-3-5-18(19)15-7-10-17(11-8-15)23(24,25)26/h3-13H,1-2H3,(H,27,28). The van der Waals surface area contributed by atoms with Crippen molar-refractivity contribution in [3.8, 4) is 11.1 Å². The fraction of sp³-hybridized carbons (Fsp3) is 0.130. The van der Waals surface area contributed by atoms with Crippen molar-refractivity contribution in [1.82, 2.24) is 0 Å². The molecule has 154 valence electrons. The molecule has 30 heavy (non-hydrogen) atoms. The second kappa shape index (κ2) is 8.41. The van der Waals surface area contributed by atoms with Crippen LogP contribution in [0, 0.1) is 6.92 Å². The average molecular weight is 413 g/mol. The quantitative estimate of drug-likeness (QED) is 0.557. The van der Waals surface area contributed by atoms with Gasteiger partial charge < -0.3 is 10.1 Å². The number of carbonyl (C=O) groups excluding carboxylic acids is 2. The van der Waals surface area contributed by atoms with E-state index in [0.29, 0.717) is 33.5 Å². The molecule has 0 saturated carbocycles. The monoisotopic (exact) mass is 413 g/mol. The van der Waals surface area contributed by atoms with Crippen LogP contribution in [-0.2, 0) is 10.9 Å². The summed E-state index contributed by atoms with van der Waals surface area (Å²) in [5.74, 6) is -0.900. The first-order chi connectivity index (χ1) is 14.2. The molecule has 4 nitrogen and oxygen atoms in total. The highest BCUT2D eigenvalue weighted by Gasteiger charge is 2.30. The van der Waals surface area contributed by atoms with Crippen molar-refractivity contribution in [3.63, 3.8) is 0 Å². The van der Waals surface area contributed by atoms with Gasteiger partial charge in [0.1, 0.15) is 0 Å². The maximum absolute atomic E-state index is 12.9. The van der Waals surface area contributed by atoms with Crippen molar-refractivity contribution in [2.24, 2.45) is 0 Å². The SMILES string of the molecule is COC(=O)c1ccc(NC(=O)c2ccccc2-c2ccc(C(F)(F)F)cc2)c(C)c1. The zero-order valence-corrected chi connectivity index (χ0v) is 16.2. The summed E-state index contributed by atoms with van der Waals surface area (Å²) in [7, 11) is 1.28. The summed E-state index contributed by atoms with van der Waals surface area (Å²) >= 11 is 0. The number of benzene rings is 3. The predicted molar refractivity (Wildman–Crippen MR) is 107 cm³/mol. The van der Waals surface area contributed by atoms with E-state index in [2.05, 4.69) is 10.1 Å². The fourth-order valence-electron chi connectivity index (χ4n) is 3.01. The van der Waals surface area contributed by atoms with E-state index in [1.54, 1.807) is 43.3 Å². The molecule has 0 atom stereocenters. The minimum absolute atomic E-state index is 0.314. The molecule has 0 aliphatic heterocycles. The van der Waals surface area contributed by atoms with Crippen molar-refractivity contribution in [2.45, 2.75) is 13.1 Å². The summed E-state index contributed by atoms with van der Waals surface area (Å²) in [4.78, 5) is 24.5. The first-order valence-corrected chi connectivity index (χ1v) is 8.97. The van der Waals surface area contributed by atoms with Crippen molar-refractivity contribution in [3.05, 3.63) is 89.0 Å². The molecule has 0 spiro atoms. The number of amides is 1. The topological polar surface area (TPSA) is 55.4 Å². The molecule has 0 fully saturated rings. The van der Waals surface area contributed by atoms with Crippen molar-refractivity contribution in [1.29, 1.82) is 0 Å². The minimum Gasteiger partial charge on any atom is -0.465 e. The van der Waals surface area contributed by atoms with Gasteiger partial charge in [-0.1, -0.05) is 30.3 Å². The van der Waals surface area contributed by atoms with E-state index in [1.807, 2.05) is 0 Å². The van der Waals surface area contributed by atoms with E-state index >= 15 is 0 Å². The van der Waals surface area contributed by atoms with Crippen LogP contribution < -0.4 is 5.32 Å². The average Bonchev–Trinajstić information content (AvgIpc) is 2.74. The van der Waals surface area contributed by atoms with E-state index in [9.17, 15) is 22.8 Å². The zero-order valence-electron chi connectivity index (χ0n) is 16.2. The molecule has 0 bridgehead atoms. The number of hydrogen-bond acceptors (Lipinski definition) is 3. The minimum atomic E-state index is -4.43. The lowest BCUT2D eigenvalue weighted by molar-refractivity contribution is -0.137. The molecule has 0 aromatic heterocycles. The molecule has 3 rings (SSSR count). The Kier molecular flexibility index (Phi) is 5.91. The van der Waals surface area contributed by atoms with Gasteiger partial charge in [0.15, 0.2) is 0 Å². The number of esters is 1. The number of carbonyl (C=O) groups is 2. The van der Waals surface area contributed by atoms with E-state index in [4.69, 9.17) is 0 Å². The van der Waals surface area contributed by atoms with E-state index in [-0.39, 0.29) is 0 Å². The van der Waals surface area contributed by atoms with E-state index < -0.39 is 23.6 Å². The Bertz CT molecular complexity index is 1090. The number of ether oxygens (including phenoxy) is 1. The van der Waals surface area contributed by atoms with Crippen LogP contribution in [0.5, 0.6) is 0 Å². The van der Waals surface area contributed by atoms with Gasteiger partial charge in [0.2, 0.25) is 0 Å². The number of nitrogens with one attached hydrogen (secondary N) is 1. The molecule has 1 amide bonds. The van der Waals surface area contributed by atoms with Gasteiger partial charge in [-0.25, -0.2) is 4.79 Å². The molecular weight excluding hydrogens is 395 g/mol. The summed E-state index contributed by atoms with van der Waals surface area (Å²) in [6.45, 7) is 1.74. The Morgan fingerprint density at radius 2 is 1.60 bits per heavy atom. The number of rotatable bonds is 4. The van der Waals surface area contributed by atoms with Gasteiger partial charge >= 0.3 is 12.1 Å². The normalized spacial score (nSPS) is 11.1. The Morgan fingerprint density at radius 1 is 0.933 bits per heavy atom. The lowest BCUT2D eigenvalue weighted by Gasteiger charge is -2.13. The number of methoxy groups -OCH3 is 1. The van der Waals surface area contributed by atoms with Crippen LogP contribution in [0.1, 0.15) is 31.8 Å². The molecule has 0 aliphatic rings. The van der Waals surface area contributed by atoms with Gasteiger partial charge in [0.25, 0.3) is 5.91 Å². The highest BCUT2D eigenvalue weighted by molar-refractivity contribution is 6.09. The van der Waals surface area contributed by atoms with Gasteiger partial charge in [-0.05, 0) is 60.0 Å². The smallest absolute Gasteiger partial charge is 0.416 e. The summed E-state index contributed by atoms with van der Waals surface area (Å²) in [6.07, 6.45) is -4.43. The van der Waals surface area contributed by atoms with Gasteiger partial charge in [-0.15, -0.1) is 0 Å². The van der Waals surface area contributed by atoms with Crippen molar-refractivity contribution < 1.29 is 27.5 Å². The van der Waals surface area contributed by atoms with Gasteiger partial charge in [0, 0.05) is 11.3 Å². The Hall–Kier alpha value is -3.61. The maximum atomic E-state index is 12.9. The molecule has 0 aliphatic carbocycles. The number of halogens is 3. The third-order valence-electron chi connectivity index (χ3n) is 4.59. The summed E-state index contributed by atoms with van der Waals surface area (Å²) in [5, 5.41) is 2.79. The van der Waals surface area contributed by atoms with Crippen molar-refractivity contribution in [2.75, 3.05) is 12.4 Å². The molecule has 0 radical (unpaired) electrons. The first-order valence-electron chi connectivity index (χ1n) is 8.97. The third kappa shape index (κ3) is 4.51. The number of aryl methyl sites for hydroxylation is 1. The molecule has 0 heterocycles. The largest absolute Gasteiger partial charge is 0.465 e. The Balaban J connectivity index is 1.89. The van der Waals surface area contributed by atoms with E-state index in [1.165, 1.54) is 25.3 Å². The molecule has 7 heteroatoms. The van der Waals surface area contributed by atoms with Gasteiger partial charge in [0.05, 0.1) is 18.2 Å². The van der Waals surface area contributed by atoms with Crippen LogP contribution in [-0.4, -0.2) is 19.0 Å². The molecule has 3 aromatic rings.